The molecule has 0 aliphatic heterocycles. The summed E-state index contributed by atoms with van der Waals surface area (Å²) in [6.07, 6.45) is 1.73. The predicted octanol–water partition coefficient (Wildman–Crippen LogP) is 4.08. The average Bonchev–Trinajstić information content (AvgIpc) is 2.47. The molecule has 0 radical (unpaired) electrons. The minimum absolute atomic E-state index is 0.436. The molecule has 0 aliphatic carbocycles. The molecule has 2 rings (SSSR count). The molecule has 0 saturated carbocycles. The van der Waals surface area contributed by atoms with E-state index in [2.05, 4.69) is 17.2 Å². The normalized spacial score (nSPS) is 10.6. The van der Waals surface area contributed by atoms with Crippen molar-refractivity contribution in [1.82, 2.24) is 10.3 Å². The van der Waals surface area contributed by atoms with Gasteiger partial charge in [-0.1, -0.05) is 36.2 Å². The standard InChI is InChI=1S/C15H16Cl2N2O/c1-2-18-8-12-4-5-13(9-19-12)20-10-11-3-6-14(16)15(17)7-11/h3-7,9,18H,2,8,10H2,1H3. The summed E-state index contributed by atoms with van der Waals surface area (Å²) >= 11 is 11.8. The largest absolute Gasteiger partial charge is 0.487 e. The Kier molecular flexibility index (Phi) is 5.65. The maximum absolute atomic E-state index is 5.96. The molecule has 0 unspecified atom stereocenters. The van der Waals surface area contributed by atoms with Gasteiger partial charge in [-0.05, 0) is 36.4 Å². The van der Waals surface area contributed by atoms with Gasteiger partial charge in [-0.15, -0.1) is 0 Å². The zero-order valence-corrected chi connectivity index (χ0v) is 12.7. The van der Waals surface area contributed by atoms with Crippen molar-refractivity contribution >= 4 is 23.2 Å². The van der Waals surface area contributed by atoms with Gasteiger partial charge in [0.05, 0.1) is 21.9 Å². The zero-order valence-electron chi connectivity index (χ0n) is 11.2. The first-order valence-electron chi connectivity index (χ1n) is 6.41. The van der Waals surface area contributed by atoms with Gasteiger partial charge < -0.3 is 10.1 Å². The number of rotatable bonds is 6. The summed E-state index contributed by atoms with van der Waals surface area (Å²) in [7, 11) is 0. The number of nitrogens with zero attached hydrogens (tertiary/aromatic N) is 1. The Morgan fingerprint density at radius 2 is 2.00 bits per heavy atom. The van der Waals surface area contributed by atoms with E-state index in [1.807, 2.05) is 18.2 Å². The van der Waals surface area contributed by atoms with E-state index in [0.717, 1.165) is 30.1 Å². The van der Waals surface area contributed by atoms with Crippen molar-refractivity contribution in [3.63, 3.8) is 0 Å². The van der Waals surface area contributed by atoms with Crippen LogP contribution in [0.4, 0.5) is 0 Å². The first-order chi connectivity index (χ1) is 9.69. The maximum atomic E-state index is 5.96. The van der Waals surface area contributed by atoms with Gasteiger partial charge in [-0.25, -0.2) is 0 Å². The van der Waals surface area contributed by atoms with Crippen molar-refractivity contribution in [1.29, 1.82) is 0 Å². The quantitative estimate of drug-likeness (QED) is 0.873. The van der Waals surface area contributed by atoms with Crippen LogP contribution in [0.5, 0.6) is 5.75 Å². The Bertz CT molecular complexity index is 558. The minimum Gasteiger partial charge on any atom is -0.487 e. The molecular weight excluding hydrogens is 295 g/mol. The zero-order chi connectivity index (χ0) is 14.4. The second-order valence-electron chi connectivity index (χ2n) is 4.30. The van der Waals surface area contributed by atoms with E-state index in [-0.39, 0.29) is 0 Å². The van der Waals surface area contributed by atoms with Crippen molar-refractivity contribution in [3.05, 3.63) is 57.8 Å². The molecule has 2 aromatic rings. The van der Waals surface area contributed by atoms with Gasteiger partial charge in [0.1, 0.15) is 12.4 Å². The van der Waals surface area contributed by atoms with E-state index in [0.29, 0.717) is 16.7 Å². The molecule has 5 heteroatoms. The third-order valence-corrected chi connectivity index (χ3v) is 3.48. The highest BCUT2D eigenvalue weighted by atomic mass is 35.5. The molecule has 0 amide bonds. The van der Waals surface area contributed by atoms with Crippen LogP contribution in [0.15, 0.2) is 36.5 Å². The third kappa shape index (κ3) is 4.37. The van der Waals surface area contributed by atoms with Crippen molar-refractivity contribution in [2.75, 3.05) is 6.54 Å². The molecule has 0 spiro atoms. The molecule has 3 nitrogen and oxygen atoms in total. The van der Waals surface area contributed by atoms with E-state index in [9.17, 15) is 0 Å². The van der Waals surface area contributed by atoms with Crippen LogP contribution in [0.3, 0.4) is 0 Å². The van der Waals surface area contributed by atoms with Crippen LogP contribution in [0.2, 0.25) is 10.0 Å². The maximum Gasteiger partial charge on any atom is 0.138 e. The minimum atomic E-state index is 0.436. The van der Waals surface area contributed by atoms with Crippen LogP contribution >= 0.6 is 23.2 Å². The Morgan fingerprint density at radius 3 is 2.65 bits per heavy atom. The Balaban J connectivity index is 1.91. The highest BCUT2D eigenvalue weighted by Crippen LogP contribution is 2.23. The number of pyridine rings is 1. The molecule has 1 aromatic carbocycles. The SMILES string of the molecule is CCNCc1ccc(OCc2ccc(Cl)c(Cl)c2)cn1. The van der Waals surface area contributed by atoms with Crippen LogP contribution in [-0.4, -0.2) is 11.5 Å². The predicted molar refractivity (Wildman–Crippen MR) is 82.4 cm³/mol. The summed E-state index contributed by atoms with van der Waals surface area (Å²) < 4.78 is 5.66. The van der Waals surface area contributed by atoms with Gasteiger partial charge in [0.25, 0.3) is 0 Å². The fourth-order valence-electron chi connectivity index (χ4n) is 1.65. The highest BCUT2D eigenvalue weighted by molar-refractivity contribution is 6.42. The molecule has 0 fully saturated rings. The van der Waals surface area contributed by atoms with Gasteiger partial charge in [-0.3, -0.25) is 4.98 Å². The average molecular weight is 311 g/mol. The summed E-state index contributed by atoms with van der Waals surface area (Å²) in [6.45, 7) is 4.20. The third-order valence-electron chi connectivity index (χ3n) is 2.74. The topological polar surface area (TPSA) is 34.1 Å². The molecule has 0 aliphatic rings. The lowest BCUT2D eigenvalue weighted by Gasteiger charge is -2.08. The van der Waals surface area contributed by atoms with Crippen molar-refractivity contribution in [3.8, 4) is 5.75 Å². The molecule has 0 saturated heterocycles. The Labute approximate surface area is 128 Å². The van der Waals surface area contributed by atoms with E-state index in [1.54, 1.807) is 18.3 Å². The second-order valence-corrected chi connectivity index (χ2v) is 5.12. The van der Waals surface area contributed by atoms with E-state index in [1.165, 1.54) is 0 Å². The lowest BCUT2D eigenvalue weighted by Crippen LogP contribution is -2.12. The van der Waals surface area contributed by atoms with E-state index >= 15 is 0 Å². The van der Waals surface area contributed by atoms with Crippen molar-refractivity contribution < 1.29 is 4.74 Å². The summed E-state index contributed by atoms with van der Waals surface area (Å²) in [6, 6.07) is 9.32. The summed E-state index contributed by atoms with van der Waals surface area (Å²) in [5.74, 6) is 0.733. The number of halogens is 2. The smallest absolute Gasteiger partial charge is 0.138 e. The highest BCUT2D eigenvalue weighted by Gasteiger charge is 2.01. The Hall–Kier alpha value is -1.29. The summed E-state index contributed by atoms with van der Waals surface area (Å²) in [4.78, 5) is 4.33. The summed E-state index contributed by atoms with van der Waals surface area (Å²) in [5.41, 5.74) is 1.96. The first-order valence-corrected chi connectivity index (χ1v) is 7.17. The lowest BCUT2D eigenvalue weighted by molar-refractivity contribution is 0.305. The van der Waals surface area contributed by atoms with E-state index in [4.69, 9.17) is 27.9 Å². The second kappa shape index (κ2) is 7.48. The van der Waals surface area contributed by atoms with Gasteiger partial charge in [0.15, 0.2) is 0 Å². The number of hydrogen-bond donors (Lipinski definition) is 1. The van der Waals surface area contributed by atoms with Crippen molar-refractivity contribution in [2.45, 2.75) is 20.1 Å². The first kappa shape index (κ1) is 15.1. The molecular formula is C15H16Cl2N2O. The fraction of sp³-hybridized carbons (Fsp3) is 0.267. The number of benzene rings is 1. The summed E-state index contributed by atoms with van der Waals surface area (Å²) in [5, 5.41) is 4.30. The molecule has 106 valence electrons. The Morgan fingerprint density at radius 1 is 1.15 bits per heavy atom. The molecule has 1 N–H and O–H groups in total. The molecule has 20 heavy (non-hydrogen) atoms. The molecule has 1 heterocycles. The van der Waals surface area contributed by atoms with Crippen LogP contribution in [-0.2, 0) is 13.2 Å². The fourth-order valence-corrected chi connectivity index (χ4v) is 1.97. The van der Waals surface area contributed by atoms with Gasteiger partial charge in [0.2, 0.25) is 0 Å². The van der Waals surface area contributed by atoms with Gasteiger partial charge >= 0.3 is 0 Å². The van der Waals surface area contributed by atoms with Crippen LogP contribution in [0.1, 0.15) is 18.2 Å². The van der Waals surface area contributed by atoms with Crippen molar-refractivity contribution in [2.24, 2.45) is 0 Å². The number of aromatic nitrogens is 1. The lowest BCUT2D eigenvalue weighted by atomic mass is 10.2. The molecule has 0 bridgehead atoms. The monoisotopic (exact) mass is 310 g/mol. The van der Waals surface area contributed by atoms with Gasteiger partial charge in [-0.2, -0.15) is 0 Å². The number of nitrogens with one attached hydrogen (secondary N) is 1. The molecule has 1 aromatic heterocycles. The molecule has 0 atom stereocenters. The van der Waals surface area contributed by atoms with E-state index < -0.39 is 0 Å². The van der Waals surface area contributed by atoms with Crippen LogP contribution in [0, 0.1) is 0 Å². The number of ether oxygens (including phenoxy) is 1. The number of hydrogen-bond acceptors (Lipinski definition) is 3. The van der Waals surface area contributed by atoms with Gasteiger partial charge in [0, 0.05) is 6.54 Å². The van der Waals surface area contributed by atoms with Crippen LogP contribution in [0.25, 0.3) is 0 Å². The van der Waals surface area contributed by atoms with Crippen LogP contribution < -0.4 is 10.1 Å².